The van der Waals surface area contributed by atoms with Crippen LogP contribution in [0.3, 0.4) is 0 Å². The fourth-order valence-corrected chi connectivity index (χ4v) is 2.03. The molecule has 0 aliphatic carbocycles. The maximum atomic E-state index is 13.5. The van der Waals surface area contributed by atoms with Crippen molar-refractivity contribution < 1.29 is 22.0 Å². The van der Waals surface area contributed by atoms with Crippen LogP contribution in [0, 0.1) is 23.0 Å². The summed E-state index contributed by atoms with van der Waals surface area (Å²) < 4.78 is 48.8. The maximum Gasteiger partial charge on any atom is 0.172 e. The van der Waals surface area contributed by atoms with Crippen LogP contribution >= 0.6 is 0 Å². The first kappa shape index (κ1) is 15.2. The van der Waals surface area contributed by atoms with E-state index in [-0.39, 0.29) is 5.56 Å². The Morgan fingerprint density at radius 1 is 1.37 bits per heavy atom. The smallest absolute Gasteiger partial charge is 0.172 e. The summed E-state index contributed by atoms with van der Waals surface area (Å²) >= 11 is 0. The van der Waals surface area contributed by atoms with Crippen molar-refractivity contribution in [3.63, 3.8) is 0 Å². The van der Waals surface area contributed by atoms with Gasteiger partial charge in [0.05, 0.1) is 6.07 Å². The number of benzene rings is 1. The molecular formula is C12H11F2NO3S. The van der Waals surface area contributed by atoms with E-state index in [2.05, 4.69) is 0 Å². The van der Waals surface area contributed by atoms with Gasteiger partial charge in [0.25, 0.3) is 0 Å². The minimum atomic E-state index is -3.68. The van der Waals surface area contributed by atoms with Gasteiger partial charge in [-0.2, -0.15) is 5.26 Å². The fourth-order valence-electron chi connectivity index (χ4n) is 1.47. The second-order valence-electron chi connectivity index (χ2n) is 4.10. The molecule has 0 radical (unpaired) electrons. The standard InChI is InChI=1S/C12H11F2NO3S/c1-7(19(2,17)18)12(16)10(6-15)9-4-3-8(13)5-11(9)14/h3-5,7,10H,1-2H3. The molecule has 0 amide bonds. The van der Waals surface area contributed by atoms with Gasteiger partial charge in [-0.1, -0.05) is 6.07 Å². The lowest BCUT2D eigenvalue weighted by molar-refractivity contribution is -0.118. The first-order valence-corrected chi connectivity index (χ1v) is 7.21. The average molecular weight is 287 g/mol. The van der Waals surface area contributed by atoms with Crippen molar-refractivity contribution in [3.8, 4) is 6.07 Å². The molecule has 0 saturated carbocycles. The molecule has 0 saturated heterocycles. The molecule has 7 heteroatoms. The number of hydrogen-bond acceptors (Lipinski definition) is 4. The van der Waals surface area contributed by atoms with Crippen LogP contribution in [-0.2, 0) is 14.6 Å². The highest BCUT2D eigenvalue weighted by atomic mass is 32.2. The Morgan fingerprint density at radius 3 is 2.37 bits per heavy atom. The van der Waals surface area contributed by atoms with E-state index in [0.29, 0.717) is 6.07 Å². The molecule has 1 rings (SSSR count). The normalized spacial score (nSPS) is 14.5. The van der Waals surface area contributed by atoms with Crippen LogP contribution in [0.4, 0.5) is 8.78 Å². The van der Waals surface area contributed by atoms with Crippen LogP contribution in [0.2, 0.25) is 0 Å². The van der Waals surface area contributed by atoms with E-state index >= 15 is 0 Å². The van der Waals surface area contributed by atoms with Gasteiger partial charge >= 0.3 is 0 Å². The topological polar surface area (TPSA) is 75.0 Å². The summed E-state index contributed by atoms with van der Waals surface area (Å²) in [4.78, 5) is 11.9. The number of halogens is 2. The van der Waals surface area contributed by atoms with Crippen molar-refractivity contribution in [2.45, 2.75) is 18.1 Å². The number of nitrogens with zero attached hydrogens (tertiary/aromatic N) is 1. The third-order valence-corrected chi connectivity index (χ3v) is 4.25. The maximum absolute atomic E-state index is 13.5. The molecule has 102 valence electrons. The summed E-state index contributed by atoms with van der Waals surface area (Å²) in [6.45, 7) is 1.13. The van der Waals surface area contributed by atoms with Gasteiger partial charge in [-0.15, -0.1) is 0 Å². The molecule has 0 aliphatic rings. The molecule has 0 spiro atoms. The van der Waals surface area contributed by atoms with Crippen molar-refractivity contribution in [2.24, 2.45) is 0 Å². The predicted octanol–water partition coefficient (Wildman–Crippen LogP) is 1.57. The summed E-state index contributed by atoms with van der Waals surface area (Å²) in [6, 6.07) is 3.96. The summed E-state index contributed by atoms with van der Waals surface area (Å²) in [7, 11) is -3.68. The van der Waals surface area contributed by atoms with E-state index in [0.717, 1.165) is 25.3 Å². The highest BCUT2D eigenvalue weighted by molar-refractivity contribution is 7.92. The number of hydrogen-bond donors (Lipinski definition) is 0. The van der Waals surface area contributed by atoms with E-state index in [1.54, 1.807) is 6.07 Å². The van der Waals surface area contributed by atoms with Gasteiger partial charge in [-0.05, 0) is 13.0 Å². The zero-order valence-electron chi connectivity index (χ0n) is 10.2. The second-order valence-corrected chi connectivity index (χ2v) is 6.47. The number of ketones is 1. The highest BCUT2D eigenvalue weighted by Crippen LogP contribution is 2.23. The number of sulfone groups is 1. The van der Waals surface area contributed by atoms with Crippen LogP contribution < -0.4 is 0 Å². The van der Waals surface area contributed by atoms with Crippen molar-refractivity contribution >= 4 is 15.6 Å². The van der Waals surface area contributed by atoms with Crippen molar-refractivity contribution in [1.29, 1.82) is 5.26 Å². The number of Topliss-reactive ketones (excluding diaryl/α,β-unsaturated/α-hetero) is 1. The Bertz CT molecular complexity index is 649. The molecule has 2 atom stereocenters. The highest BCUT2D eigenvalue weighted by Gasteiger charge is 2.32. The van der Waals surface area contributed by atoms with Crippen molar-refractivity contribution in [2.75, 3.05) is 6.26 Å². The number of nitriles is 1. The molecule has 19 heavy (non-hydrogen) atoms. The lowest BCUT2D eigenvalue weighted by atomic mass is 9.94. The van der Waals surface area contributed by atoms with E-state index in [1.807, 2.05) is 0 Å². The Kier molecular flexibility index (Phi) is 4.37. The van der Waals surface area contributed by atoms with Gasteiger partial charge < -0.3 is 0 Å². The fraction of sp³-hybridized carbons (Fsp3) is 0.333. The van der Waals surface area contributed by atoms with Crippen LogP contribution in [0.25, 0.3) is 0 Å². The lowest BCUT2D eigenvalue weighted by Gasteiger charge is -2.14. The van der Waals surface area contributed by atoms with Gasteiger partial charge in [-0.3, -0.25) is 4.79 Å². The Balaban J connectivity index is 3.23. The molecule has 0 aromatic heterocycles. The Hall–Kier alpha value is -1.81. The zero-order chi connectivity index (χ0) is 14.8. The Morgan fingerprint density at radius 2 is 1.95 bits per heavy atom. The summed E-state index contributed by atoms with van der Waals surface area (Å²) in [5.74, 6) is -4.41. The molecule has 0 heterocycles. The van der Waals surface area contributed by atoms with Crippen LogP contribution in [0.5, 0.6) is 0 Å². The zero-order valence-corrected chi connectivity index (χ0v) is 11.0. The minimum Gasteiger partial charge on any atom is -0.296 e. The number of rotatable bonds is 4. The molecular weight excluding hydrogens is 276 g/mol. The molecule has 0 fully saturated rings. The van der Waals surface area contributed by atoms with Crippen LogP contribution in [-0.4, -0.2) is 25.7 Å². The van der Waals surface area contributed by atoms with Gasteiger partial charge in [0, 0.05) is 17.9 Å². The molecule has 0 N–H and O–H groups in total. The summed E-state index contributed by atoms with van der Waals surface area (Å²) in [6.07, 6.45) is 0.852. The number of carbonyl (C=O) groups excluding carboxylic acids is 1. The van der Waals surface area contributed by atoms with Gasteiger partial charge in [0.15, 0.2) is 15.6 Å². The SMILES string of the molecule is CC(C(=O)C(C#N)c1ccc(F)cc1F)S(C)(=O)=O. The third-order valence-electron chi connectivity index (χ3n) is 2.73. The average Bonchev–Trinajstić information content (AvgIpc) is 2.30. The first-order valence-electron chi connectivity index (χ1n) is 5.25. The van der Waals surface area contributed by atoms with E-state index < -0.39 is 38.4 Å². The molecule has 4 nitrogen and oxygen atoms in total. The van der Waals surface area contributed by atoms with Crippen LogP contribution in [0.1, 0.15) is 18.4 Å². The summed E-state index contributed by atoms with van der Waals surface area (Å²) in [5, 5.41) is 7.50. The summed E-state index contributed by atoms with van der Waals surface area (Å²) in [5.41, 5.74) is -0.329. The third kappa shape index (κ3) is 3.35. The van der Waals surface area contributed by atoms with Gasteiger partial charge in [0.1, 0.15) is 22.8 Å². The molecule has 2 unspecified atom stereocenters. The molecule has 1 aromatic rings. The monoisotopic (exact) mass is 287 g/mol. The van der Waals surface area contributed by atoms with Crippen molar-refractivity contribution in [3.05, 3.63) is 35.4 Å². The van der Waals surface area contributed by atoms with Crippen molar-refractivity contribution in [1.82, 2.24) is 0 Å². The van der Waals surface area contributed by atoms with Gasteiger partial charge in [0.2, 0.25) is 0 Å². The van der Waals surface area contributed by atoms with E-state index in [1.165, 1.54) is 0 Å². The van der Waals surface area contributed by atoms with Crippen LogP contribution in [0.15, 0.2) is 18.2 Å². The quantitative estimate of drug-likeness (QED) is 0.842. The van der Waals surface area contributed by atoms with E-state index in [4.69, 9.17) is 5.26 Å². The molecule has 0 aliphatic heterocycles. The molecule has 1 aromatic carbocycles. The predicted molar refractivity (Wildman–Crippen MR) is 64.0 cm³/mol. The largest absolute Gasteiger partial charge is 0.296 e. The minimum absolute atomic E-state index is 0.329. The number of carbonyl (C=O) groups is 1. The van der Waals surface area contributed by atoms with Gasteiger partial charge in [-0.25, -0.2) is 17.2 Å². The Labute approximate surface area is 109 Å². The second kappa shape index (κ2) is 5.45. The lowest BCUT2D eigenvalue weighted by Crippen LogP contribution is -2.30. The first-order chi connectivity index (χ1) is 8.68. The van der Waals surface area contributed by atoms with E-state index in [9.17, 15) is 22.0 Å². The molecule has 0 bridgehead atoms.